The van der Waals surface area contributed by atoms with Crippen LogP contribution < -0.4 is 0 Å². The Morgan fingerprint density at radius 2 is 2.20 bits per heavy atom. The van der Waals surface area contributed by atoms with E-state index in [9.17, 15) is 4.79 Å². The van der Waals surface area contributed by atoms with Gasteiger partial charge in [0, 0.05) is 24.1 Å². The van der Waals surface area contributed by atoms with Crippen molar-refractivity contribution in [3.63, 3.8) is 0 Å². The third-order valence-electron chi connectivity index (χ3n) is 3.24. The number of rotatable bonds is 3. The van der Waals surface area contributed by atoms with E-state index in [1.165, 1.54) is 24.4 Å². The van der Waals surface area contributed by atoms with Gasteiger partial charge in [0.15, 0.2) is 5.16 Å². The van der Waals surface area contributed by atoms with Gasteiger partial charge in [-0.3, -0.25) is 0 Å². The number of nitrogens with zero attached hydrogens (tertiary/aromatic N) is 4. The second-order valence-electron chi connectivity index (χ2n) is 4.65. The first kappa shape index (κ1) is 13.1. The van der Waals surface area contributed by atoms with Crippen LogP contribution in [-0.4, -0.2) is 30.8 Å². The molecule has 2 aromatic heterocycles. The standard InChI is InChI=1S/C13H14N4O2S/c18-12(19)10-8-9(5-6-14-10)20-13-16-15-11-4-2-1-3-7-17(11)13/h5-6,8H,1-4,7H2,(H,18,19). The van der Waals surface area contributed by atoms with E-state index in [0.717, 1.165) is 41.7 Å². The molecular formula is C13H14N4O2S. The van der Waals surface area contributed by atoms with Crippen molar-refractivity contribution in [2.24, 2.45) is 0 Å². The molecule has 0 bridgehead atoms. The van der Waals surface area contributed by atoms with E-state index in [4.69, 9.17) is 5.11 Å². The molecule has 0 unspecified atom stereocenters. The summed E-state index contributed by atoms with van der Waals surface area (Å²) in [5, 5.41) is 18.2. The van der Waals surface area contributed by atoms with E-state index in [0.29, 0.717) is 0 Å². The van der Waals surface area contributed by atoms with Gasteiger partial charge in [0.25, 0.3) is 0 Å². The average Bonchev–Trinajstić information content (AvgIpc) is 2.68. The summed E-state index contributed by atoms with van der Waals surface area (Å²) in [5.41, 5.74) is 0.0469. The van der Waals surface area contributed by atoms with Gasteiger partial charge in [0.2, 0.25) is 0 Å². The number of fused-ring (bicyclic) bond motifs is 1. The highest BCUT2D eigenvalue weighted by Crippen LogP contribution is 2.28. The summed E-state index contributed by atoms with van der Waals surface area (Å²) < 4.78 is 2.14. The fraction of sp³-hybridized carbons (Fsp3) is 0.385. The highest BCUT2D eigenvalue weighted by Gasteiger charge is 2.16. The number of aromatic carboxylic acids is 1. The van der Waals surface area contributed by atoms with Gasteiger partial charge < -0.3 is 9.67 Å². The van der Waals surface area contributed by atoms with Crippen molar-refractivity contribution < 1.29 is 9.90 Å². The van der Waals surface area contributed by atoms with Crippen LogP contribution in [0.2, 0.25) is 0 Å². The number of carboxylic acid groups (broad SMARTS) is 1. The van der Waals surface area contributed by atoms with Gasteiger partial charge in [-0.2, -0.15) is 0 Å². The summed E-state index contributed by atoms with van der Waals surface area (Å²) in [7, 11) is 0. The molecule has 3 rings (SSSR count). The summed E-state index contributed by atoms with van der Waals surface area (Å²) in [4.78, 5) is 15.6. The smallest absolute Gasteiger partial charge is 0.354 e. The topological polar surface area (TPSA) is 80.9 Å². The van der Waals surface area contributed by atoms with Gasteiger partial charge in [-0.1, -0.05) is 6.42 Å². The lowest BCUT2D eigenvalue weighted by Crippen LogP contribution is -2.02. The molecule has 0 radical (unpaired) electrons. The number of hydrogen-bond acceptors (Lipinski definition) is 5. The summed E-state index contributed by atoms with van der Waals surface area (Å²) in [6, 6.07) is 3.35. The molecule has 6 nitrogen and oxygen atoms in total. The Morgan fingerprint density at radius 1 is 1.30 bits per heavy atom. The molecule has 0 amide bonds. The van der Waals surface area contributed by atoms with Crippen molar-refractivity contribution in [1.29, 1.82) is 0 Å². The zero-order chi connectivity index (χ0) is 13.9. The molecule has 2 aromatic rings. The maximum atomic E-state index is 10.9. The quantitative estimate of drug-likeness (QED) is 0.933. The number of pyridine rings is 1. The van der Waals surface area contributed by atoms with Crippen LogP contribution in [0.25, 0.3) is 0 Å². The van der Waals surface area contributed by atoms with Crippen LogP contribution in [0.1, 0.15) is 35.6 Å². The number of aryl methyl sites for hydroxylation is 1. The van der Waals surface area contributed by atoms with Gasteiger partial charge in [0.1, 0.15) is 11.5 Å². The molecule has 7 heteroatoms. The summed E-state index contributed by atoms with van der Waals surface area (Å²) in [6.45, 7) is 0.932. The highest BCUT2D eigenvalue weighted by atomic mass is 32.2. The first-order chi connectivity index (χ1) is 9.74. The fourth-order valence-corrected chi connectivity index (χ4v) is 3.13. The second-order valence-corrected chi connectivity index (χ2v) is 5.69. The Hall–Kier alpha value is -1.89. The van der Waals surface area contributed by atoms with E-state index in [-0.39, 0.29) is 5.69 Å². The maximum Gasteiger partial charge on any atom is 0.354 e. The molecule has 0 saturated carbocycles. The third-order valence-corrected chi connectivity index (χ3v) is 4.21. The molecule has 0 spiro atoms. The first-order valence-corrected chi connectivity index (χ1v) is 7.35. The summed E-state index contributed by atoms with van der Waals surface area (Å²) >= 11 is 1.44. The molecule has 1 N–H and O–H groups in total. The zero-order valence-electron chi connectivity index (χ0n) is 10.8. The Balaban J connectivity index is 1.86. The SMILES string of the molecule is O=C(O)c1cc(Sc2nnc3n2CCCCC3)ccn1. The van der Waals surface area contributed by atoms with Crippen LogP contribution in [0.3, 0.4) is 0 Å². The van der Waals surface area contributed by atoms with Gasteiger partial charge in [-0.05, 0) is 36.7 Å². The van der Waals surface area contributed by atoms with E-state index in [1.54, 1.807) is 12.1 Å². The Kier molecular flexibility index (Phi) is 3.68. The maximum absolute atomic E-state index is 10.9. The van der Waals surface area contributed by atoms with Crippen molar-refractivity contribution in [3.05, 3.63) is 29.8 Å². The highest BCUT2D eigenvalue weighted by molar-refractivity contribution is 7.99. The van der Waals surface area contributed by atoms with Gasteiger partial charge in [-0.25, -0.2) is 9.78 Å². The predicted octanol–water partition coefficient (Wildman–Crippen LogP) is 2.25. The molecule has 1 aliphatic rings. The largest absolute Gasteiger partial charge is 0.477 e. The van der Waals surface area contributed by atoms with Gasteiger partial charge in [-0.15, -0.1) is 10.2 Å². The third kappa shape index (κ3) is 2.67. The predicted molar refractivity (Wildman–Crippen MR) is 72.9 cm³/mol. The summed E-state index contributed by atoms with van der Waals surface area (Å²) in [6.07, 6.45) is 5.97. The van der Waals surface area contributed by atoms with Crippen molar-refractivity contribution in [2.75, 3.05) is 0 Å². The number of carboxylic acids is 1. The van der Waals surface area contributed by atoms with Crippen molar-refractivity contribution in [2.45, 2.75) is 42.3 Å². The Labute approximate surface area is 120 Å². The number of carbonyl (C=O) groups is 1. The first-order valence-electron chi connectivity index (χ1n) is 6.53. The van der Waals surface area contributed by atoms with Crippen LogP contribution in [0, 0.1) is 0 Å². The Bertz CT molecular complexity index is 641. The Morgan fingerprint density at radius 3 is 3.05 bits per heavy atom. The zero-order valence-corrected chi connectivity index (χ0v) is 11.6. The van der Waals surface area contributed by atoms with Crippen molar-refractivity contribution >= 4 is 17.7 Å². The lowest BCUT2D eigenvalue weighted by atomic mass is 10.2. The molecule has 104 valence electrons. The molecule has 3 heterocycles. The molecule has 1 aliphatic heterocycles. The molecule has 0 aromatic carbocycles. The lowest BCUT2D eigenvalue weighted by Gasteiger charge is -2.06. The molecular weight excluding hydrogens is 276 g/mol. The monoisotopic (exact) mass is 290 g/mol. The normalized spacial score (nSPS) is 14.6. The minimum Gasteiger partial charge on any atom is -0.477 e. The minimum absolute atomic E-state index is 0.0469. The van der Waals surface area contributed by atoms with E-state index in [1.807, 2.05) is 0 Å². The van der Waals surface area contributed by atoms with Gasteiger partial charge in [0.05, 0.1) is 0 Å². The molecule has 0 saturated heterocycles. The molecule has 0 fully saturated rings. The van der Waals surface area contributed by atoms with Crippen molar-refractivity contribution in [1.82, 2.24) is 19.7 Å². The van der Waals surface area contributed by atoms with Crippen LogP contribution in [0.5, 0.6) is 0 Å². The lowest BCUT2D eigenvalue weighted by molar-refractivity contribution is 0.0690. The van der Waals surface area contributed by atoms with E-state index in [2.05, 4.69) is 19.7 Å². The van der Waals surface area contributed by atoms with E-state index >= 15 is 0 Å². The molecule has 20 heavy (non-hydrogen) atoms. The number of aromatic nitrogens is 4. The van der Waals surface area contributed by atoms with Crippen LogP contribution in [-0.2, 0) is 13.0 Å². The molecule has 0 aliphatic carbocycles. The summed E-state index contributed by atoms with van der Waals surface area (Å²) in [5.74, 6) is 0.00466. The fourth-order valence-electron chi connectivity index (χ4n) is 2.23. The van der Waals surface area contributed by atoms with Crippen LogP contribution in [0.15, 0.2) is 28.4 Å². The van der Waals surface area contributed by atoms with E-state index < -0.39 is 5.97 Å². The number of hydrogen-bond donors (Lipinski definition) is 1. The molecule has 0 atom stereocenters. The second kappa shape index (κ2) is 5.62. The van der Waals surface area contributed by atoms with Crippen molar-refractivity contribution in [3.8, 4) is 0 Å². The van der Waals surface area contributed by atoms with Crippen LogP contribution in [0.4, 0.5) is 0 Å². The minimum atomic E-state index is -1.02. The van der Waals surface area contributed by atoms with Gasteiger partial charge >= 0.3 is 5.97 Å². The average molecular weight is 290 g/mol. The van der Waals surface area contributed by atoms with Crippen LogP contribution >= 0.6 is 11.8 Å².